The average molecular weight is 358 g/mol. The first-order valence-corrected chi connectivity index (χ1v) is 10.7. The summed E-state index contributed by atoms with van der Waals surface area (Å²) < 4.78 is 0. The molecule has 1 atom stereocenters. The van der Waals surface area contributed by atoms with Crippen LogP contribution in [0.1, 0.15) is 109 Å². The lowest BCUT2D eigenvalue weighted by Crippen LogP contribution is -2.33. The van der Waals surface area contributed by atoms with E-state index in [1.165, 1.54) is 83.5 Å². The van der Waals surface area contributed by atoms with Crippen molar-refractivity contribution in [2.45, 2.75) is 115 Å². The third-order valence-corrected chi connectivity index (χ3v) is 4.94. The molecule has 0 aliphatic carbocycles. The van der Waals surface area contributed by atoms with Crippen molar-refractivity contribution in [1.29, 1.82) is 0 Å². The summed E-state index contributed by atoms with van der Waals surface area (Å²) in [6.07, 6.45) is 20.6. The summed E-state index contributed by atoms with van der Waals surface area (Å²) in [4.78, 5) is 11.4. The fraction of sp³-hybridized carbons (Fsp3) is 0.952. The van der Waals surface area contributed by atoms with E-state index in [1.807, 2.05) is 0 Å². The van der Waals surface area contributed by atoms with Crippen LogP contribution in [0.5, 0.6) is 0 Å². The van der Waals surface area contributed by atoms with Gasteiger partial charge >= 0.3 is 0 Å². The molecular weight excluding hydrogens is 314 g/mol. The molecule has 150 valence electrons. The number of nitrogens with two attached hydrogens (primary N) is 1. The summed E-state index contributed by atoms with van der Waals surface area (Å²) in [5.74, 6) is -0.00680. The highest BCUT2D eigenvalue weighted by Gasteiger charge is 2.10. The molecule has 4 nitrogen and oxygen atoms in total. The highest BCUT2D eigenvalue weighted by atomic mass is 16.3. The standard InChI is InChI=1S/C21H43NO3/c22-20(19-24)21(25)17-15-13-11-9-7-5-3-1-2-4-6-8-10-12-14-16-18-23/h20,23-24H,1-19,22H2/t20-/m0/s1. The quantitative estimate of drug-likeness (QED) is 0.280. The number of ketones is 1. The van der Waals surface area contributed by atoms with E-state index < -0.39 is 6.04 Å². The van der Waals surface area contributed by atoms with Gasteiger partial charge < -0.3 is 15.9 Å². The molecule has 0 aliphatic rings. The van der Waals surface area contributed by atoms with Crippen molar-refractivity contribution in [3.8, 4) is 0 Å². The molecule has 4 heteroatoms. The number of unbranched alkanes of at least 4 members (excludes halogenated alkanes) is 15. The van der Waals surface area contributed by atoms with E-state index in [9.17, 15) is 4.79 Å². The minimum atomic E-state index is -0.675. The van der Waals surface area contributed by atoms with E-state index in [0.717, 1.165) is 19.3 Å². The summed E-state index contributed by atoms with van der Waals surface area (Å²) in [5, 5.41) is 17.5. The van der Waals surface area contributed by atoms with Crippen molar-refractivity contribution in [2.24, 2.45) is 5.73 Å². The van der Waals surface area contributed by atoms with Crippen LogP contribution in [0.2, 0.25) is 0 Å². The van der Waals surface area contributed by atoms with Crippen LogP contribution in [0.3, 0.4) is 0 Å². The molecular formula is C21H43NO3. The van der Waals surface area contributed by atoms with Crippen LogP contribution in [0.4, 0.5) is 0 Å². The number of carbonyl (C=O) groups is 1. The molecule has 4 N–H and O–H groups in total. The van der Waals surface area contributed by atoms with Crippen molar-refractivity contribution >= 4 is 5.78 Å². The maximum Gasteiger partial charge on any atom is 0.151 e. The Morgan fingerprint density at radius 3 is 1.24 bits per heavy atom. The summed E-state index contributed by atoms with van der Waals surface area (Å²) >= 11 is 0. The van der Waals surface area contributed by atoms with Gasteiger partial charge in [0.1, 0.15) is 0 Å². The van der Waals surface area contributed by atoms with E-state index in [2.05, 4.69) is 0 Å². The normalized spacial score (nSPS) is 12.4. The molecule has 0 aromatic heterocycles. The van der Waals surface area contributed by atoms with E-state index in [1.54, 1.807) is 0 Å². The Kier molecular flexibility index (Phi) is 19.5. The monoisotopic (exact) mass is 357 g/mol. The summed E-state index contributed by atoms with van der Waals surface area (Å²) in [6.45, 7) is 0.114. The Bertz CT molecular complexity index is 284. The van der Waals surface area contributed by atoms with Gasteiger partial charge in [0, 0.05) is 13.0 Å². The first kappa shape index (κ1) is 24.6. The van der Waals surface area contributed by atoms with Crippen molar-refractivity contribution in [1.82, 2.24) is 0 Å². The van der Waals surface area contributed by atoms with Crippen LogP contribution in [-0.4, -0.2) is 35.3 Å². The first-order valence-electron chi connectivity index (χ1n) is 10.7. The molecule has 0 bridgehead atoms. The zero-order chi connectivity index (χ0) is 18.6. The van der Waals surface area contributed by atoms with E-state index in [4.69, 9.17) is 15.9 Å². The molecule has 0 rings (SSSR count). The van der Waals surface area contributed by atoms with Crippen molar-refractivity contribution in [3.05, 3.63) is 0 Å². The van der Waals surface area contributed by atoms with Crippen molar-refractivity contribution < 1.29 is 15.0 Å². The molecule has 0 radical (unpaired) electrons. The SMILES string of the molecule is N[C@@H](CO)C(=O)CCCCCCCCCCCCCCCCCCO. The summed E-state index contributed by atoms with van der Waals surface area (Å²) in [7, 11) is 0. The highest BCUT2D eigenvalue weighted by molar-refractivity contribution is 5.83. The van der Waals surface area contributed by atoms with Gasteiger partial charge in [-0.25, -0.2) is 0 Å². The smallest absolute Gasteiger partial charge is 0.151 e. The minimum absolute atomic E-state index is 0.00680. The number of hydrogen-bond acceptors (Lipinski definition) is 4. The number of rotatable bonds is 20. The summed E-state index contributed by atoms with van der Waals surface area (Å²) in [6, 6.07) is -0.675. The van der Waals surface area contributed by atoms with Gasteiger partial charge in [-0.3, -0.25) is 4.79 Å². The molecule has 0 saturated heterocycles. The first-order chi connectivity index (χ1) is 12.2. The molecule has 0 spiro atoms. The van der Waals surface area contributed by atoms with Gasteiger partial charge in [0.25, 0.3) is 0 Å². The minimum Gasteiger partial charge on any atom is -0.396 e. The van der Waals surface area contributed by atoms with Crippen LogP contribution in [0.25, 0.3) is 0 Å². The van der Waals surface area contributed by atoms with Gasteiger partial charge in [-0.1, -0.05) is 89.9 Å². The van der Waals surface area contributed by atoms with Crippen LogP contribution in [-0.2, 0) is 4.79 Å². The fourth-order valence-electron chi connectivity index (χ4n) is 3.17. The molecule has 0 aromatic rings. The number of aliphatic hydroxyl groups is 2. The molecule has 0 aromatic carbocycles. The van der Waals surface area contributed by atoms with Crippen LogP contribution >= 0.6 is 0 Å². The Hall–Kier alpha value is -0.450. The molecule has 0 fully saturated rings. The van der Waals surface area contributed by atoms with Gasteiger partial charge in [-0.2, -0.15) is 0 Å². The topological polar surface area (TPSA) is 83.5 Å². The van der Waals surface area contributed by atoms with E-state index in [0.29, 0.717) is 13.0 Å². The van der Waals surface area contributed by atoms with Gasteiger partial charge in [0.2, 0.25) is 0 Å². The average Bonchev–Trinajstić information content (AvgIpc) is 2.63. The largest absolute Gasteiger partial charge is 0.396 e. The third-order valence-electron chi connectivity index (χ3n) is 4.94. The zero-order valence-corrected chi connectivity index (χ0v) is 16.4. The molecule has 0 heterocycles. The number of carbonyl (C=O) groups excluding carboxylic acids is 1. The Labute approximate surface area is 155 Å². The second-order valence-electron chi connectivity index (χ2n) is 7.39. The van der Waals surface area contributed by atoms with Gasteiger partial charge in [-0.15, -0.1) is 0 Å². The number of aliphatic hydroxyl groups excluding tert-OH is 2. The molecule has 0 aliphatic heterocycles. The van der Waals surface area contributed by atoms with Gasteiger partial charge in [0.05, 0.1) is 12.6 Å². The predicted octanol–water partition coefficient (Wildman–Crippen LogP) is 4.50. The predicted molar refractivity (Wildman–Crippen MR) is 106 cm³/mol. The lowest BCUT2D eigenvalue weighted by molar-refractivity contribution is -0.121. The lowest BCUT2D eigenvalue weighted by Gasteiger charge is -2.06. The van der Waals surface area contributed by atoms with E-state index >= 15 is 0 Å². The van der Waals surface area contributed by atoms with Crippen LogP contribution in [0.15, 0.2) is 0 Å². The number of hydrogen-bond donors (Lipinski definition) is 3. The Morgan fingerprint density at radius 1 is 0.600 bits per heavy atom. The second-order valence-corrected chi connectivity index (χ2v) is 7.39. The maximum atomic E-state index is 11.4. The zero-order valence-electron chi connectivity index (χ0n) is 16.4. The fourth-order valence-corrected chi connectivity index (χ4v) is 3.17. The van der Waals surface area contributed by atoms with Gasteiger partial charge in [0.15, 0.2) is 5.78 Å². The molecule has 0 amide bonds. The second kappa shape index (κ2) is 19.9. The molecule has 0 saturated carbocycles. The maximum absolute atomic E-state index is 11.4. The molecule has 25 heavy (non-hydrogen) atoms. The van der Waals surface area contributed by atoms with Crippen LogP contribution in [0, 0.1) is 0 Å². The summed E-state index contributed by atoms with van der Waals surface area (Å²) in [5.41, 5.74) is 5.48. The lowest BCUT2D eigenvalue weighted by atomic mass is 10.0. The highest BCUT2D eigenvalue weighted by Crippen LogP contribution is 2.14. The Morgan fingerprint density at radius 2 is 0.920 bits per heavy atom. The van der Waals surface area contributed by atoms with Crippen molar-refractivity contribution in [3.63, 3.8) is 0 Å². The molecule has 0 unspecified atom stereocenters. The van der Waals surface area contributed by atoms with E-state index in [-0.39, 0.29) is 12.4 Å². The van der Waals surface area contributed by atoms with Gasteiger partial charge in [-0.05, 0) is 12.8 Å². The number of Topliss-reactive ketones (excluding diaryl/α,β-unsaturated/α-hetero) is 1. The van der Waals surface area contributed by atoms with Crippen molar-refractivity contribution in [2.75, 3.05) is 13.2 Å². The third kappa shape index (κ3) is 18.1. The van der Waals surface area contributed by atoms with Crippen LogP contribution < -0.4 is 5.73 Å². The Balaban J connectivity index is 3.08.